The molecule has 0 saturated carbocycles. The first-order valence-electron chi connectivity index (χ1n) is 5.37. The lowest BCUT2D eigenvalue weighted by Gasteiger charge is -2.42. The lowest BCUT2D eigenvalue weighted by Crippen LogP contribution is -2.55. The van der Waals surface area contributed by atoms with E-state index in [1.165, 1.54) is 19.3 Å². The monoisotopic (exact) mass is 186 g/mol. The van der Waals surface area contributed by atoms with Gasteiger partial charge in [0.15, 0.2) is 0 Å². The van der Waals surface area contributed by atoms with Gasteiger partial charge in [-0.1, -0.05) is 20.3 Å². The average molecular weight is 186 g/mol. The van der Waals surface area contributed by atoms with Crippen molar-refractivity contribution in [3.05, 3.63) is 0 Å². The molecular weight excluding hydrogens is 160 g/mol. The predicted molar refractivity (Wildman–Crippen MR) is 60.1 cm³/mol. The van der Waals surface area contributed by atoms with Crippen molar-refractivity contribution >= 4 is 0 Å². The minimum absolute atomic E-state index is 0.282. The third-order valence-corrected chi connectivity index (χ3v) is 3.41. The maximum atomic E-state index is 3.43. The number of likely N-dealkylation sites (N-methyl/N-ethyl adjacent to an activating group) is 2. The molecular formula is C11H26N2. The summed E-state index contributed by atoms with van der Waals surface area (Å²) in [7, 11) is 6.41. The van der Waals surface area contributed by atoms with Gasteiger partial charge in [-0.15, -0.1) is 0 Å². The van der Waals surface area contributed by atoms with Crippen LogP contribution in [-0.2, 0) is 0 Å². The van der Waals surface area contributed by atoms with E-state index in [9.17, 15) is 0 Å². The fourth-order valence-electron chi connectivity index (χ4n) is 1.93. The van der Waals surface area contributed by atoms with Gasteiger partial charge in [0.2, 0.25) is 0 Å². The van der Waals surface area contributed by atoms with Crippen molar-refractivity contribution in [2.45, 2.75) is 51.6 Å². The molecule has 0 heterocycles. The van der Waals surface area contributed by atoms with Gasteiger partial charge in [0.05, 0.1) is 0 Å². The maximum Gasteiger partial charge on any atom is 0.0325 e. The molecule has 0 radical (unpaired) electrons. The standard InChI is InChI=1S/C11H26N2/c1-7-9-10(12-4)11(3,8-2)13(5)6/h10,12H,7-9H2,1-6H3. The van der Waals surface area contributed by atoms with Gasteiger partial charge >= 0.3 is 0 Å². The number of nitrogens with zero attached hydrogens (tertiary/aromatic N) is 1. The molecule has 2 atom stereocenters. The van der Waals surface area contributed by atoms with E-state index < -0.39 is 0 Å². The van der Waals surface area contributed by atoms with E-state index in [2.05, 4.69) is 52.1 Å². The van der Waals surface area contributed by atoms with E-state index in [1.54, 1.807) is 0 Å². The van der Waals surface area contributed by atoms with E-state index in [1.807, 2.05) is 0 Å². The van der Waals surface area contributed by atoms with Crippen LogP contribution < -0.4 is 5.32 Å². The van der Waals surface area contributed by atoms with Crippen LogP contribution in [0.3, 0.4) is 0 Å². The summed E-state index contributed by atoms with van der Waals surface area (Å²) in [4.78, 5) is 2.34. The van der Waals surface area contributed by atoms with Crippen LogP contribution in [0.1, 0.15) is 40.0 Å². The Morgan fingerprint density at radius 3 is 2.08 bits per heavy atom. The summed E-state index contributed by atoms with van der Waals surface area (Å²) in [5.41, 5.74) is 0.282. The van der Waals surface area contributed by atoms with Gasteiger partial charge < -0.3 is 10.2 Å². The van der Waals surface area contributed by atoms with Crippen molar-refractivity contribution in [2.75, 3.05) is 21.1 Å². The van der Waals surface area contributed by atoms with Gasteiger partial charge in [-0.05, 0) is 40.9 Å². The quantitative estimate of drug-likeness (QED) is 0.683. The second-order valence-corrected chi connectivity index (χ2v) is 4.24. The Morgan fingerprint density at radius 1 is 1.31 bits per heavy atom. The second kappa shape index (κ2) is 5.61. The van der Waals surface area contributed by atoms with E-state index in [0.29, 0.717) is 6.04 Å². The summed E-state index contributed by atoms with van der Waals surface area (Å²) >= 11 is 0. The molecule has 2 unspecified atom stereocenters. The smallest absolute Gasteiger partial charge is 0.0325 e. The minimum Gasteiger partial charge on any atom is -0.315 e. The summed E-state index contributed by atoms with van der Waals surface area (Å²) in [6.07, 6.45) is 3.68. The van der Waals surface area contributed by atoms with Crippen molar-refractivity contribution in [2.24, 2.45) is 0 Å². The van der Waals surface area contributed by atoms with Crippen LogP contribution in [0.4, 0.5) is 0 Å². The zero-order valence-corrected chi connectivity index (χ0v) is 10.1. The highest BCUT2D eigenvalue weighted by Crippen LogP contribution is 2.23. The molecule has 0 aromatic heterocycles. The molecule has 0 aromatic carbocycles. The van der Waals surface area contributed by atoms with E-state index in [4.69, 9.17) is 0 Å². The molecule has 0 spiro atoms. The Kier molecular flexibility index (Phi) is 5.57. The molecule has 0 saturated heterocycles. The summed E-state index contributed by atoms with van der Waals surface area (Å²) in [5.74, 6) is 0. The molecule has 0 aliphatic rings. The summed E-state index contributed by atoms with van der Waals surface area (Å²) < 4.78 is 0. The Morgan fingerprint density at radius 2 is 1.85 bits per heavy atom. The predicted octanol–water partition coefficient (Wildman–Crippen LogP) is 2.10. The lowest BCUT2D eigenvalue weighted by atomic mass is 9.85. The van der Waals surface area contributed by atoms with Gasteiger partial charge in [0.1, 0.15) is 0 Å². The maximum absolute atomic E-state index is 3.43. The molecule has 0 amide bonds. The number of hydrogen-bond acceptors (Lipinski definition) is 2. The van der Waals surface area contributed by atoms with Crippen LogP contribution in [0.15, 0.2) is 0 Å². The molecule has 2 nitrogen and oxygen atoms in total. The highest BCUT2D eigenvalue weighted by atomic mass is 15.2. The molecule has 80 valence electrons. The van der Waals surface area contributed by atoms with Crippen molar-refractivity contribution < 1.29 is 0 Å². The highest BCUT2D eigenvalue weighted by molar-refractivity contribution is 4.93. The third-order valence-electron chi connectivity index (χ3n) is 3.41. The van der Waals surface area contributed by atoms with Crippen LogP contribution in [0.5, 0.6) is 0 Å². The topological polar surface area (TPSA) is 15.3 Å². The van der Waals surface area contributed by atoms with Gasteiger partial charge in [-0.2, -0.15) is 0 Å². The molecule has 0 aliphatic carbocycles. The van der Waals surface area contributed by atoms with E-state index in [-0.39, 0.29) is 5.54 Å². The van der Waals surface area contributed by atoms with Gasteiger partial charge in [-0.3, -0.25) is 0 Å². The molecule has 1 N–H and O–H groups in total. The summed E-state index contributed by atoms with van der Waals surface area (Å²) in [6, 6.07) is 0.595. The van der Waals surface area contributed by atoms with Crippen molar-refractivity contribution in [1.29, 1.82) is 0 Å². The van der Waals surface area contributed by atoms with Crippen LogP contribution in [0.2, 0.25) is 0 Å². The summed E-state index contributed by atoms with van der Waals surface area (Å²) in [5, 5.41) is 3.43. The zero-order valence-electron chi connectivity index (χ0n) is 10.1. The Hall–Kier alpha value is -0.0800. The molecule has 0 rings (SSSR count). The number of rotatable bonds is 6. The van der Waals surface area contributed by atoms with Crippen LogP contribution in [0, 0.1) is 0 Å². The summed E-state index contributed by atoms with van der Waals surface area (Å²) in [6.45, 7) is 6.85. The van der Waals surface area contributed by atoms with E-state index >= 15 is 0 Å². The molecule has 0 fully saturated rings. The van der Waals surface area contributed by atoms with Crippen LogP contribution in [0.25, 0.3) is 0 Å². The van der Waals surface area contributed by atoms with E-state index in [0.717, 1.165) is 0 Å². The Balaban J connectivity index is 4.48. The zero-order chi connectivity index (χ0) is 10.5. The first kappa shape index (κ1) is 12.9. The number of nitrogens with one attached hydrogen (secondary N) is 1. The first-order valence-corrected chi connectivity index (χ1v) is 5.37. The van der Waals surface area contributed by atoms with Crippen molar-refractivity contribution in [3.63, 3.8) is 0 Å². The molecule has 13 heavy (non-hydrogen) atoms. The average Bonchev–Trinajstić information content (AvgIpc) is 2.12. The van der Waals surface area contributed by atoms with Crippen LogP contribution in [-0.4, -0.2) is 37.6 Å². The van der Waals surface area contributed by atoms with Crippen LogP contribution >= 0.6 is 0 Å². The van der Waals surface area contributed by atoms with Crippen molar-refractivity contribution in [3.8, 4) is 0 Å². The Bertz CT molecular complexity index is 134. The largest absolute Gasteiger partial charge is 0.315 e. The third kappa shape index (κ3) is 2.96. The highest BCUT2D eigenvalue weighted by Gasteiger charge is 2.32. The van der Waals surface area contributed by atoms with Crippen molar-refractivity contribution in [1.82, 2.24) is 10.2 Å². The second-order valence-electron chi connectivity index (χ2n) is 4.24. The fraction of sp³-hybridized carbons (Fsp3) is 1.00. The molecule has 0 aromatic rings. The first-order chi connectivity index (χ1) is 6.02. The molecule has 0 bridgehead atoms. The normalized spacial score (nSPS) is 18.7. The van der Waals surface area contributed by atoms with Gasteiger partial charge in [-0.25, -0.2) is 0 Å². The van der Waals surface area contributed by atoms with Gasteiger partial charge in [0.25, 0.3) is 0 Å². The SMILES string of the molecule is CCCC(NC)C(C)(CC)N(C)C. The molecule has 2 heteroatoms. The minimum atomic E-state index is 0.282. The Labute approximate surface area is 83.7 Å². The molecule has 0 aliphatic heterocycles. The number of hydrogen-bond donors (Lipinski definition) is 1. The van der Waals surface area contributed by atoms with Gasteiger partial charge in [0, 0.05) is 11.6 Å². The lowest BCUT2D eigenvalue weighted by molar-refractivity contribution is 0.111. The fourth-order valence-corrected chi connectivity index (χ4v) is 1.93.